The first kappa shape index (κ1) is 16.2. The average Bonchev–Trinajstić information content (AvgIpc) is 2.79. The van der Waals surface area contributed by atoms with Crippen molar-refractivity contribution in [1.29, 1.82) is 0 Å². The summed E-state index contributed by atoms with van der Waals surface area (Å²) in [6.07, 6.45) is 0.512. The summed E-state index contributed by atoms with van der Waals surface area (Å²) in [6.45, 7) is 5.50. The first-order chi connectivity index (χ1) is 10.5. The van der Waals surface area contributed by atoms with E-state index in [1.165, 1.54) is 5.56 Å². The number of nitrogens with zero attached hydrogens (tertiary/aromatic N) is 3. The Bertz CT molecular complexity index is 632. The first-order valence-electron chi connectivity index (χ1n) is 7.52. The summed E-state index contributed by atoms with van der Waals surface area (Å²) in [7, 11) is 3.56. The summed E-state index contributed by atoms with van der Waals surface area (Å²) in [5.41, 5.74) is 4.42. The fourth-order valence-corrected chi connectivity index (χ4v) is 2.38. The summed E-state index contributed by atoms with van der Waals surface area (Å²) in [5, 5.41) is 7.96. The van der Waals surface area contributed by atoms with Crippen molar-refractivity contribution in [2.24, 2.45) is 0 Å². The van der Waals surface area contributed by atoms with Crippen molar-refractivity contribution in [3.8, 4) is 5.69 Å². The van der Waals surface area contributed by atoms with Crippen LogP contribution in [0.2, 0.25) is 0 Å². The molecule has 1 amide bonds. The lowest BCUT2D eigenvalue weighted by atomic mass is 10.2. The Morgan fingerprint density at radius 3 is 2.55 bits per heavy atom. The fraction of sp³-hybridized carbons (Fsp3) is 0.412. The lowest BCUT2D eigenvalue weighted by Crippen LogP contribution is -2.26. The molecule has 0 aliphatic heterocycles. The lowest BCUT2D eigenvalue weighted by Gasteiger charge is -2.10. The quantitative estimate of drug-likeness (QED) is 0.831. The zero-order valence-corrected chi connectivity index (χ0v) is 13.8. The maximum atomic E-state index is 11.5. The summed E-state index contributed by atoms with van der Waals surface area (Å²) in [6, 6.07) is 10.1. The summed E-state index contributed by atoms with van der Waals surface area (Å²) in [5.74, 6) is 0.140. The Kier molecular flexibility index (Phi) is 5.33. The molecule has 2 rings (SSSR count). The molecule has 1 aromatic heterocycles. The second-order valence-electron chi connectivity index (χ2n) is 5.61. The Labute approximate surface area is 131 Å². The highest BCUT2D eigenvalue weighted by Crippen LogP contribution is 2.17. The van der Waals surface area contributed by atoms with E-state index in [0.29, 0.717) is 13.0 Å². The molecule has 0 fully saturated rings. The van der Waals surface area contributed by atoms with Crippen molar-refractivity contribution in [3.63, 3.8) is 0 Å². The molecule has 2 aromatic rings. The van der Waals surface area contributed by atoms with Crippen molar-refractivity contribution in [2.75, 3.05) is 20.6 Å². The number of carbonyl (C=O) groups is 1. The minimum absolute atomic E-state index is 0.140. The van der Waals surface area contributed by atoms with E-state index in [2.05, 4.69) is 17.3 Å². The Hall–Kier alpha value is -2.14. The van der Waals surface area contributed by atoms with Crippen LogP contribution in [-0.2, 0) is 11.3 Å². The van der Waals surface area contributed by atoms with Gasteiger partial charge in [0.05, 0.1) is 11.4 Å². The van der Waals surface area contributed by atoms with Crippen LogP contribution in [0.1, 0.15) is 23.4 Å². The van der Waals surface area contributed by atoms with E-state index in [4.69, 9.17) is 0 Å². The van der Waals surface area contributed by atoms with Crippen LogP contribution in [0.15, 0.2) is 30.3 Å². The summed E-state index contributed by atoms with van der Waals surface area (Å²) >= 11 is 0. The topological polar surface area (TPSA) is 50.2 Å². The molecule has 1 N–H and O–H groups in total. The number of amides is 1. The fourth-order valence-electron chi connectivity index (χ4n) is 2.38. The van der Waals surface area contributed by atoms with Gasteiger partial charge in [-0.3, -0.25) is 4.79 Å². The van der Waals surface area contributed by atoms with E-state index in [1.54, 1.807) is 19.0 Å². The summed E-state index contributed by atoms with van der Waals surface area (Å²) < 4.78 is 1.97. The molecule has 0 aliphatic rings. The Morgan fingerprint density at radius 2 is 1.91 bits per heavy atom. The Balaban J connectivity index is 2.01. The molecule has 118 valence electrons. The van der Waals surface area contributed by atoms with Crippen LogP contribution in [0, 0.1) is 13.8 Å². The molecule has 0 bridgehead atoms. The highest BCUT2D eigenvalue weighted by molar-refractivity contribution is 5.75. The molecule has 22 heavy (non-hydrogen) atoms. The van der Waals surface area contributed by atoms with Gasteiger partial charge < -0.3 is 10.2 Å². The van der Waals surface area contributed by atoms with Crippen LogP contribution < -0.4 is 5.32 Å². The molecule has 0 saturated heterocycles. The van der Waals surface area contributed by atoms with Gasteiger partial charge in [-0.2, -0.15) is 5.10 Å². The standard InChI is InChI=1S/C17H24N4O/c1-13-16(12-18-11-10-17(22)20(3)4)14(2)21(19-13)15-8-6-5-7-9-15/h5-9,18H,10-12H2,1-4H3. The maximum absolute atomic E-state index is 11.5. The van der Waals surface area contributed by atoms with Crippen LogP contribution in [0.5, 0.6) is 0 Å². The van der Waals surface area contributed by atoms with Crippen molar-refractivity contribution in [1.82, 2.24) is 20.0 Å². The van der Waals surface area contributed by atoms with Crippen molar-refractivity contribution < 1.29 is 4.79 Å². The first-order valence-corrected chi connectivity index (χ1v) is 7.52. The molecule has 0 atom stereocenters. The van der Waals surface area contributed by atoms with Crippen LogP contribution >= 0.6 is 0 Å². The number of aryl methyl sites for hydroxylation is 1. The van der Waals surface area contributed by atoms with Gasteiger partial charge in [-0.15, -0.1) is 0 Å². The van der Waals surface area contributed by atoms with E-state index >= 15 is 0 Å². The second kappa shape index (κ2) is 7.22. The zero-order chi connectivity index (χ0) is 16.1. The molecule has 0 spiro atoms. The molecule has 0 aliphatic carbocycles. The highest BCUT2D eigenvalue weighted by atomic mass is 16.2. The predicted octanol–water partition coefficient (Wildman–Crippen LogP) is 2.06. The lowest BCUT2D eigenvalue weighted by molar-refractivity contribution is -0.128. The molecule has 0 unspecified atom stereocenters. The number of hydrogen-bond donors (Lipinski definition) is 1. The van der Waals surface area contributed by atoms with Crippen molar-refractivity contribution in [2.45, 2.75) is 26.8 Å². The van der Waals surface area contributed by atoms with Crippen LogP contribution in [0.3, 0.4) is 0 Å². The number of rotatable bonds is 6. The zero-order valence-electron chi connectivity index (χ0n) is 13.8. The van der Waals surface area contributed by atoms with E-state index in [-0.39, 0.29) is 5.91 Å². The molecule has 0 saturated carbocycles. The third-order valence-corrected chi connectivity index (χ3v) is 3.76. The van der Waals surface area contributed by atoms with Gasteiger partial charge in [-0.1, -0.05) is 18.2 Å². The third-order valence-electron chi connectivity index (χ3n) is 3.76. The predicted molar refractivity (Wildman–Crippen MR) is 88.1 cm³/mol. The number of aromatic nitrogens is 2. The van der Waals surface area contributed by atoms with Crippen LogP contribution in [-0.4, -0.2) is 41.2 Å². The molecule has 1 heterocycles. The third kappa shape index (κ3) is 3.74. The average molecular weight is 300 g/mol. The molecule has 1 aromatic carbocycles. The van der Waals surface area contributed by atoms with Gasteiger partial charge in [-0.25, -0.2) is 4.68 Å². The van der Waals surface area contributed by atoms with Crippen molar-refractivity contribution in [3.05, 3.63) is 47.3 Å². The number of para-hydroxylation sites is 1. The van der Waals surface area contributed by atoms with E-state index in [9.17, 15) is 4.79 Å². The molecular formula is C17H24N4O. The highest BCUT2D eigenvalue weighted by Gasteiger charge is 2.12. The summed E-state index contributed by atoms with van der Waals surface area (Å²) in [4.78, 5) is 13.2. The minimum atomic E-state index is 0.140. The van der Waals surface area contributed by atoms with Crippen molar-refractivity contribution >= 4 is 5.91 Å². The van der Waals surface area contributed by atoms with E-state index in [0.717, 1.165) is 23.6 Å². The van der Waals surface area contributed by atoms with Gasteiger partial charge in [0.1, 0.15) is 0 Å². The normalized spacial score (nSPS) is 10.7. The van der Waals surface area contributed by atoms with Gasteiger partial charge in [-0.05, 0) is 26.0 Å². The molecular weight excluding hydrogens is 276 g/mol. The number of nitrogens with one attached hydrogen (secondary N) is 1. The van der Waals surface area contributed by atoms with Crippen LogP contribution in [0.4, 0.5) is 0 Å². The van der Waals surface area contributed by atoms with Gasteiger partial charge in [0.2, 0.25) is 5.91 Å². The molecule has 5 heteroatoms. The minimum Gasteiger partial charge on any atom is -0.349 e. The van der Waals surface area contributed by atoms with Gasteiger partial charge >= 0.3 is 0 Å². The number of hydrogen-bond acceptors (Lipinski definition) is 3. The van der Waals surface area contributed by atoms with E-state index < -0.39 is 0 Å². The van der Waals surface area contributed by atoms with Crippen LogP contribution in [0.25, 0.3) is 5.69 Å². The molecule has 0 radical (unpaired) electrons. The molecule has 5 nitrogen and oxygen atoms in total. The Morgan fingerprint density at radius 1 is 1.23 bits per heavy atom. The second-order valence-corrected chi connectivity index (χ2v) is 5.61. The monoisotopic (exact) mass is 300 g/mol. The smallest absolute Gasteiger partial charge is 0.223 e. The SMILES string of the molecule is Cc1nn(-c2ccccc2)c(C)c1CNCCC(=O)N(C)C. The maximum Gasteiger partial charge on any atom is 0.223 e. The largest absolute Gasteiger partial charge is 0.349 e. The number of carbonyl (C=O) groups excluding carboxylic acids is 1. The van der Waals surface area contributed by atoms with Gasteiger partial charge in [0, 0.05) is 44.9 Å². The van der Waals surface area contributed by atoms with E-state index in [1.807, 2.05) is 41.9 Å². The van der Waals surface area contributed by atoms with Gasteiger partial charge in [0.15, 0.2) is 0 Å². The van der Waals surface area contributed by atoms with Gasteiger partial charge in [0.25, 0.3) is 0 Å². The number of benzene rings is 1.